The third-order valence-electron chi connectivity index (χ3n) is 2.77. The molecule has 0 fully saturated rings. The number of urea groups is 1. The number of amides is 2. The molecular weight excluding hydrogens is 327 g/mol. The highest BCUT2D eigenvalue weighted by Gasteiger charge is 2.28. The molecule has 0 spiro atoms. The molecule has 1 heterocycles. The molecule has 136 valence electrons. The summed E-state index contributed by atoms with van der Waals surface area (Å²) in [5, 5.41) is 5.17. The molecule has 0 aliphatic rings. The normalized spacial score (nSPS) is 11.2. The van der Waals surface area contributed by atoms with Crippen LogP contribution in [0.25, 0.3) is 0 Å². The molecule has 2 amide bonds. The molecule has 0 atom stereocenters. The number of aromatic nitrogens is 1. The lowest BCUT2D eigenvalue weighted by Gasteiger charge is -2.10. The molecule has 0 unspecified atom stereocenters. The fourth-order valence-corrected chi connectivity index (χ4v) is 1.60. The van der Waals surface area contributed by atoms with Gasteiger partial charge in [0.1, 0.15) is 0 Å². The van der Waals surface area contributed by atoms with Gasteiger partial charge >= 0.3 is 12.2 Å². The van der Waals surface area contributed by atoms with Crippen LogP contribution in [0.3, 0.4) is 0 Å². The van der Waals surface area contributed by atoms with Gasteiger partial charge in [0, 0.05) is 25.8 Å². The minimum atomic E-state index is -4.42. The van der Waals surface area contributed by atoms with Crippen LogP contribution in [0.15, 0.2) is 18.3 Å². The van der Waals surface area contributed by atoms with Crippen LogP contribution in [0.4, 0.5) is 23.7 Å². The van der Waals surface area contributed by atoms with Gasteiger partial charge in [-0.05, 0) is 18.9 Å². The molecule has 6 nitrogen and oxygen atoms in total. The van der Waals surface area contributed by atoms with Crippen LogP contribution < -0.4 is 15.4 Å². The minimum Gasteiger partial charge on any atom is -0.468 e. The molecule has 0 radical (unpaired) electrons. The Morgan fingerprint density at radius 1 is 1.25 bits per heavy atom. The fourth-order valence-electron chi connectivity index (χ4n) is 1.60. The smallest absolute Gasteiger partial charge is 0.422 e. The van der Waals surface area contributed by atoms with Crippen LogP contribution in [0, 0.1) is 0 Å². The van der Waals surface area contributed by atoms with Crippen molar-refractivity contribution in [3.8, 4) is 5.88 Å². The van der Waals surface area contributed by atoms with Gasteiger partial charge in [0.25, 0.3) is 0 Å². The molecule has 1 aromatic heterocycles. The number of pyridine rings is 1. The first-order valence-corrected chi connectivity index (χ1v) is 7.69. The monoisotopic (exact) mass is 349 g/mol. The SMILES string of the molecule is CCCCOCCCNC(=O)Nc1ccc(OCC(F)(F)F)nc1. The molecule has 0 saturated carbocycles. The quantitative estimate of drug-likeness (QED) is 0.636. The number of hydrogen-bond donors (Lipinski definition) is 2. The largest absolute Gasteiger partial charge is 0.468 e. The predicted octanol–water partition coefficient (Wildman–Crippen LogP) is 3.35. The van der Waals surface area contributed by atoms with Gasteiger partial charge in [-0.3, -0.25) is 0 Å². The van der Waals surface area contributed by atoms with Crippen molar-refractivity contribution in [3.05, 3.63) is 18.3 Å². The zero-order valence-corrected chi connectivity index (χ0v) is 13.5. The molecule has 0 bridgehead atoms. The molecular formula is C15H22F3N3O3. The number of ether oxygens (including phenoxy) is 2. The van der Waals surface area contributed by atoms with Crippen molar-refractivity contribution in [1.29, 1.82) is 0 Å². The number of alkyl halides is 3. The topological polar surface area (TPSA) is 72.5 Å². The van der Waals surface area contributed by atoms with Crippen LogP contribution in [0.2, 0.25) is 0 Å². The number of nitrogens with one attached hydrogen (secondary N) is 2. The molecule has 0 aliphatic heterocycles. The Morgan fingerprint density at radius 2 is 2.00 bits per heavy atom. The highest BCUT2D eigenvalue weighted by Crippen LogP contribution is 2.17. The lowest BCUT2D eigenvalue weighted by molar-refractivity contribution is -0.154. The average molecular weight is 349 g/mol. The van der Waals surface area contributed by atoms with E-state index in [-0.39, 0.29) is 5.88 Å². The number of carbonyl (C=O) groups excluding carboxylic acids is 1. The van der Waals surface area contributed by atoms with E-state index in [0.717, 1.165) is 19.4 Å². The van der Waals surface area contributed by atoms with Gasteiger partial charge in [0.15, 0.2) is 6.61 Å². The first-order chi connectivity index (χ1) is 11.4. The second-order valence-corrected chi connectivity index (χ2v) is 4.99. The van der Waals surface area contributed by atoms with E-state index in [2.05, 4.69) is 27.3 Å². The first-order valence-electron chi connectivity index (χ1n) is 7.69. The van der Waals surface area contributed by atoms with Crippen molar-refractivity contribution in [2.75, 3.05) is 31.7 Å². The van der Waals surface area contributed by atoms with E-state index in [9.17, 15) is 18.0 Å². The maximum atomic E-state index is 12.0. The Bertz CT molecular complexity index is 481. The van der Waals surface area contributed by atoms with E-state index in [4.69, 9.17) is 4.74 Å². The van der Waals surface area contributed by atoms with Crippen LogP contribution in [-0.2, 0) is 4.74 Å². The Labute approximate surface area is 138 Å². The maximum Gasteiger partial charge on any atom is 0.422 e. The van der Waals surface area contributed by atoms with Gasteiger partial charge in [-0.25, -0.2) is 9.78 Å². The van der Waals surface area contributed by atoms with Gasteiger partial charge in [-0.1, -0.05) is 13.3 Å². The average Bonchev–Trinajstić information content (AvgIpc) is 2.52. The maximum absolute atomic E-state index is 12.0. The summed E-state index contributed by atoms with van der Waals surface area (Å²) in [5.41, 5.74) is 0.353. The fraction of sp³-hybridized carbons (Fsp3) is 0.600. The second kappa shape index (κ2) is 10.7. The summed E-state index contributed by atoms with van der Waals surface area (Å²) < 4.78 is 45.8. The number of rotatable bonds is 10. The van der Waals surface area contributed by atoms with Crippen molar-refractivity contribution in [2.24, 2.45) is 0 Å². The summed E-state index contributed by atoms with van der Waals surface area (Å²) >= 11 is 0. The van der Waals surface area contributed by atoms with Gasteiger partial charge in [-0.15, -0.1) is 0 Å². The van der Waals surface area contributed by atoms with Crippen molar-refractivity contribution in [2.45, 2.75) is 32.4 Å². The Kier molecular flexibility index (Phi) is 8.92. The highest BCUT2D eigenvalue weighted by atomic mass is 19.4. The van der Waals surface area contributed by atoms with Gasteiger partial charge in [0.2, 0.25) is 5.88 Å². The molecule has 0 aromatic carbocycles. The Hall–Kier alpha value is -2.03. The summed E-state index contributed by atoms with van der Waals surface area (Å²) in [6, 6.07) is 2.24. The van der Waals surface area contributed by atoms with Gasteiger partial charge in [0.05, 0.1) is 11.9 Å². The first kappa shape index (κ1) is 20.0. The van der Waals surface area contributed by atoms with E-state index in [1.165, 1.54) is 18.3 Å². The lowest BCUT2D eigenvalue weighted by atomic mass is 10.4. The summed E-state index contributed by atoms with van der Waals surface area (Å²) in [5.74, 6) is -0.164. The number of anilines is 1. The zero-order valence-electron chi connectivity index (χ0n) is 13.5. The van der Waals surface area contributed by atoms with Crippen molar-refractivity contribution >= 4 is 11.7 Å². The summed E-state index contributed by atoms with van der Waals surface area (Å²) in [6.07, 6.45) is -0.407. The van der Waals surface area contributed by atoms with Crippen molar-refractivity contribution in [3.63, 3.8) is 0 Å². The number of hydrogen-bond acceptors (Lipinski definition) is 4. The van der Waals surface area contributed by atoms with E-state index < -0.39 is 18.8 Å². The third kappa shape index (κ3) is 9.88. The van der Waals surface area contributed by atoms with E-state index in [1.54, 1.807) is 0 Å². The second-order valence-electron chi connectivity index (χ2n) is 4.99. The Balaban J connectivity index is 2.20. The molecule has 24 heavy (non-hydrogen) atoms. The predicted molar refractivity (Wildman–Crippen MR) is 83.2 cm³/mol. The van der Waals surface area contributed by atoms with Gasteiger partial charge < -0.3 is 20.1 Å². The number of halogens is 3. The summed E-state index contributed by atoms with van der Waals surface area (Å²) in [6.45, 7) is 2.43. The molecule has 1 aromatic rings. The van der Waals surface area contributed by atoms with E-state index in [0.29, 0.717) is 25.3 Å². The van der Waals surface area contributed by atoms with Gasteiger partial charge in [-0.2, -0.15) is 13.2 Å². The summed E-state index contributed by atoms with van der Waals surface area (Å²) in [7, 11) is 0. The molecule has 0 saturated heterocycles. The summed E-state index contributed by atoms with van der Waals surface area (Å²) in [4.78, 5) is 15.3. The lowest BCUT2D eigenvalue weighted by Crippen LogP contribution is -2.30. The molecule has 9 heteroatoms. The number of carbonyl (C=O) groups is 1. The van der Waals surface area contributed by atoms with Crippen molar-refractivity contribution in [1.82, 2.24) is 10.3 Å². The number of unbranched alkanes of at least 4 members (excludes halogenated alkanes) is 1. The van der Waals surface area contributed by atoms with E-state index >= 15 is 0 Å². The third-order valence-corrected chi connectivity index (χ3v) is 2.77. The zero-order chi connectivity index (χ0) is 17.8. The minimum absolute atomic E-state index is 0.164. The molecule has 1 rings (SSSR count). The van der Waals surface area contributed by atoms with Crippen molar-refractivity contribution < 1.29 is 27.4 Å². The van der Waals surface area contributed by atoms with E-state index in [1.807, 2.05) is 0 Å². The van der Waals surface area contributed by atoms with Crippen LogP contribution >= 0.6 is 0 Å². The molecule has 0 aliphatic carbocycles. The van der Waals surface area contributed by atoms with Crippen LogP contribution in [-0.4, -0.2) is 43.6 Å². The van der Waals surface area contributed by atoms with Crippen LogP contribution in [0.1, 0.15) is 26.2 Å². The van der Waals surface area contributed by atoms with Crippen LogP contribution in [0.5, 0.6) is 5.88 Å². The highest BCUT2D eigenvalue weighted by molar-refractivity contribution is 5.88. The molecule has 2 N–H and O–H groups in total. The Morgan fingerprint density at radius 3 is 2.62 bits per heavy atom. The number of nitrogens with zero attached hydrogens (tertiary/aromatic N) is 1. The standard InChI is InChI=1S/C15H22F3N3O3/c1-2-3-8-23-9-4-7-19-14(22)21-12-5-6-13(20-10-12)24-11-15(16,17)18/h5-6,10H,2-4,7-9,11H2,1H3,(H2,19,21,22).